The van der Waals surface area contributed by atoms with Crippen molar-refractivity contribution in [3.63, 3.8) is 0 Å². The zero-order valence-electron chi connectivity index (χ0n) is 17.2. The summed E-state index contributed by atoms with van der Waals surface area (Å²) in [4.78, 5) is 21.5. The third-order valence-electron chi connectivity index (χ3n) is 5.56. The molecule has 0 aliphatic carbocycles. The summed E-state index contributed by atoms with van der Waals surface area (Å²) in [5.74, 6) is -0.122. The number of para-hydroxylation sites is 1. The molecule has 0 unspecified atom stereocenters. The Hall–Kier alpha value is -3.69. The maximum Gasteiger partial charge on any atom is 0.433 e. The van der Waals surface area contributed by atoms with E-state index in [0.717, 1.165) is 28.0 Å². The van der Waals surface area contributed by atoms with Crippen LogP contribution in [-0.4, -0.2) is 32.4 Å². The summed E-state index contributed by atoms with van der Waals surface area (Å²) in [6, 6.07) is 8.61. The van der Waals surface area contributed by atoms with E-state index in [0.29, 0.717) is 23.2 Å². The molecule has 1 aliphatic heterocycles. The van der Waals surface area contributed by atoms with Crippen LogP contribution in [0.4, 0.5) is 18.0 Å². The highest BCUT2D eigenvalue weighted by atomic mass is 19.4. The zero-order chi connectivity index (χ0) is 22.6. The normalized spacial score (nSPS) is 16.1. The van der Waals surface area contributed by atoms with Gasteiger partial charge < -0.3 is 10.1 Å². The van der Waals surface area contributed by atoms with E-state index in [1.807, 2.05) is 38.1 Å². The van der Waals surface area contributed by atoms with Gasteiger partial charge in [0.25, 0.3) is 0 Å². The van der Waals surface area contributed by atoms with Gasteiger partial charge in [0.05, 0.1) is 29.4 Å². The Morgan fingerprint density at radius 3 is 2.69 bits per heavy atom. The third-order valence-corrected chi connectivity index (χ3v) is 5.56. The number of nitrogens with one attached hydrogen (secondary N) is 1. The predicted octanol–water partition coefficient (Wildman–Crippen LogP) is 4.70. The van der Waals surface area contributed by atoms with Crippen molar-refractivity contribution in [2.75, 3.05) is 6.61 Å². The number of benzene rings is 1. The minimum Gasteiger partial charge on any atom is -0.477 e. The number of ether oxygens (including phenoxy) is 1. The maximum absolute atomic E-state index is 13.3. The molecule has 164 valence electrons. The number of rotatable bonds is 1. The Balaban J connectivity index is 1.55. The Labute approximate surface area is 180 Å². The van der Waals surface area contributed by atoms with Crippen LogP contribution in [0.15, 0.2) is 36.4 Å². The van der Waals surface area contributed by atoms with Gasteiger partial charge in [-0.25, -0.2) is 9.78 Å². The number of alkyl halides is 3. The summed E-state index contributed by atoms with van der Waals surface area (Å²) in [5.41, 5.74) is 2.16. The number of carbonyl (C=O) groups excluding carboxylic acids is 1. The van der Waals surface area contributed by atoms with Crippen molar-refractivity contribution in [1.29, 1.82) is 0 Å². The number of hydrogen-bond acceptors (Lipinski definition) is 5. The number of aryl methyl sites for hydroxylation is 2. The van der Waals surface area contributed by atoms with Crippen molar-refractivity contribution in [2.24, 2.45) is 0 Å². The standard InChI is InChI=1S/C22H18F3N5O2/c1-11-18-12(2)29-30(19(18)13-5-3-4-6-15(13)26-11)21(31)27-16-9-10-32-20-14(16)7-8-17(28-20)22(23,24)25/h3-8,16H,9-10H2,1-2H3,(H,27,31)/t16-/m0/s1. The Bertz CT molecular complexity index is 1380. The second-order valence-corrected chi connectivity index (χ2v) is 7.66. The van der Waals surface area contributed by atoms with Crippen LogP contribution >= 0.6 is 0 Å². The number of hydrogen-bond donors (Lipinski definition) is 1. The number of aromatic nitrogens is 4. The highest BCUT2D eigenvalue weighted by molar-refractivity contribution is 6.08. The van der Waals surface area contributed by atoms with Gasteiger partial charge in [0.15, 0.2) is 0 Å². The van der Waals surface area contributed by atoms with Crippen LogP contribution in [0, 0.1) is 13.8 Å². The van der Waals surface area contributed by atoms with E-state index in [1.165, 1.54) is 10.7 Å². The molecule has 4 heterocycles. The lowest BCUT2D eigenvalue weighted by molar-refractivity contribution is -0.141. The first-order chi connectivity index (χ1) is 15.2. The summed E-state index contributed by atoms with van der Waals surface area (Å²) in [7, 11) is 0. The summed E-state index contributed by atoms with van der Waals surface area (Å²) in [6.07, 6.45) is -4.18. The van der Waals surface area contributed by atoms with Crippen LogP contribution in [0.1, 0.15) is 35.1 Å². The van der Waals surface area contributed by atoms with Crippen LogP contribution in [0.2, 0.25) is 0 Å². The van der Waals surface area contributed by atoms with Crippen LogP contribution in [0.3, 0.4) is 0 Å². The lowest BCUT2D eigenvalue weighted by Gasteiger charge is -2.26. The van der Waals surface area contributed by atoms with Gasteiger partial charge in [-0.1, -0.05) is 18.2 Å². The van der Waals surface area contributed by atoms with Crippen LogP contribution in [-0.2, 0) is 6.18 Å². The van der Waals surface area contributed by atoms with Gasteiger partial charge in [0.1, 0.15) is 5.69 Å². The van der Waals surface area contributed by atoms with E-state index in [9.17, 15) is 18.0 Å². The van der Waals surface area contributed by atoms with Crippen LogP contribution in [0.25, 0.3) is 21.8 Å². The molecule has 1 atom stereocenters. The van der Waals surface area contributed by atoms with Gasteiger partial charge >= 0.3 is 12.2 Å². The van der Waals surface area contributed by atoms with E-state index in [-0.39, 0.29) is 12.5 Å². The molecule has 5 rings (SSSR count). The molecule has 0 fully saturated rings. The fourth-order valence-electron chi connectivity index (χ4n) is 4.14. The Kier molecular flexibility index (Phi) is 4.54. The summed E-state index contributed by atoms with van der Waals surface area (Å²) < 4.78 is 45.6. The van der Waals surface area contributed by atoms with E-state index < -0.39 is 23.9 Å². The average Bonchev–Trinajstić information content (AvgIpc) is 3.11. The van der Waals surface area contributed by atoms with Gasteiger partial charge in [0, 0.05) is 28.5 Å². The topological polar surface area (TPSA) is 81.9 Å². The fraction of sp³-hybridized carbons (Fsp3) is 0.273. The van der Waals surface area contributed by atoms with E-state index in [2.05, 4.69) is 20.4 Å². The van der Waals surface area contributed by atoms with E-state index >= 15 is 0 Å². The number of amides is 1. The summed E-state index contributed by atoms with van der Waals surface area (Å²) in [5, 5.41) is 8.90. The van der Waals surface area contributed by atoms with Crippen molar-refractivity contribution in [1.82, 2.24) is 25.1 Å². The van der Waals surface area contributed by atoms with Crippen LogP contribution in [0.5, 0.6) is 5.88 Å². The zero-order valence-corrected chi connectivity index (χ0v) is 17.2. The van der Waals surface area contributed by atoms with Gasteiger partial charge in [-0.15, -0.1) is 0 Å². The molecule has 1 amide bonds. The largest absolute Gasteiger partial charge is 0.477 e. The highest BCUT2D eigenvalue weighted by Crippen LogP contribution is 2.35. The fourth-order valence-corrected chi connectivity index (χ4v) is 4.14. The molecule has 0 bridgehead atoms. The molecule has 1 aliphatic rings. The SMILES string of the molecule is Cc1nc2ccccc2c2c1c(C)nn2C(=O)N[C@H]1CCOc2nc(C(F)(F)F)ccc21. The molecule has 1 N–H and O–H groups in total. The van der Waals surface area contributed by atoms with Crippen molar-refractivity contribution in [2.45, 2.75) is 32.5 Å². The minimum absolute atomic E-state index is 0.122. The number of halogens is 3. The smallest absolute Gasteiger partial charge is 0.433 e. The molecule has 0 spiro atoms. The highest BCUT2D eigenvalue weighted by Gasteiger charge is 2.35. The van der Waals surface area contributed by atoms with Gasteiger partial charge in [0.2, 0.25) is 5.88 Å². The Morgan fingerprint density at radius 1 is 1.12 bits per heavy atom. The first-order valence-electron chi connectivity index (χ1n) is 10.0. The van der Waals surface area contributed by atoms with Gasteiger partial charge in [-0.2, -0.15) is 23.0 Å². The van der Waals surface area contributed by atoms with E-state index in [1.54, 1.807) is 0 Å². The lowest BCUT2D eigenvalue weighted by Crippen LogP contribution is -2.36. The van der Waals surface area contributed by atoms with Crippen LogP contribution < -0.4 is 10.1 Å². The molecule has 3 aromatic heterocycles. The molecule has 7 nitrogen and oxygen atoms in total. The second kappa shape index (κ2) is 7.18. The summed E-state index contributed by atoms with van der Waals surface area (Å²) in [6.45, 7) is 3.81. The molecule has 1 aromatic carbocycles. The number of carbonyl (C=O) groups is 1. The lowest BCUT2D eigenvalue weighted by atomic mass is 10.0. The van der Waals surface area contributed by atoms with Crippen molar-refractivity contribution in [3.05, 3.63) is 59.0 Å². The number of fused-ring (bicyclic) bond motifs is 4. The number of pyridine rings is 2. The third kappa shape index (κ3) is 3.22. The Morgan fingerprint density at radius 2 is 1.91 bits per heavy atom. The molecule has 0 saturated carbocycles. The molecule has 0 radical (unpaired) electrons. The molecular weight excluding hydrogens is 423 g/mol. The monoisotopic (exact) mass is 441 g/mol. The second-order valence-electron chi connectivity index (χ2n) is 7.66. The summed E-state index contributed by atoms with van der Waals surface area (Å²) >= 11 is 0. The first kappa shape index (κ1) is 20.2. The molecule has 0 saturated heterocycles. The minimum atomic E-state index is -4.58. The first-order valence-corrected chi connectivity index (χ1v) is 10.0. The molecular formula is C22H18F3N5O2. The van der Waals surface area contributed by atoms with Crippen molar-refractivity contribution < 1.29 is 22.7 Å². The molecule has 10 heteroatoms. The average molecular weight is 441 g/mol. The molecule has 4 aromatic rings. The molecule has 32 heavy (non-hydrogen) atoms. The maximum atomic E-state index is 13.3. The quantitative estimate of drug-likeness (QED) is 0.463. The predicted molar refractivity (Wildman–Crippen MR) is 111 cm³/mol. The van der Waals surface area contributed by atoms with Crippen molar-refractivity contribution in [3.8, 4) is 5.88 Å². The number of nitrogens with zero attached hydrogens (tertiary/aromatic N) is 4. The van der Waals surface area contributed by atoms with Crippen molar-refractivity contribution >= 4 is 27.8 Å². The van der Waals surface area contributed by atoms with Gasteiger partial charge in [-0.05, 0) is 32.0 Å². The van der Waals surface area contributed by atoms with E-state index in [4.69, 9.17) is 4.74 Å². The van der Waals surface area contributed by atoms with Gasteiger partial charge in [-0.3, -0.25) is 4.98 Å².